The van der Waals surface area contributed by atoms with Crippen molar-refractivity contribution >= 4 is 34.4 Å². The molecule has 0 unspecified atom stereocenters. The highest BCUT2D eigenvalue weighted by Gasteiger charge is 2.25. The molecule has 0 N–H and O–H groups in total. The Hall–Kier alpha value is -3.31. The van der Waals surface area contributed by atoms with Crippen molar-refractivity contribution in [2.24, 2.45) is 7.05 Å². The van der Waals surface area contributed by atoms with Gasteiger partial charge in [-0.3, -0.25) is 0 Å². The van der Waals surface area contributed by atoms with Gasteiger partial charge in [-0.05, 0) is 47.4 Å². The zero-order chi connectivity index (χ0) is 22.7. The lowest BCUT2D eigenvalue weighted by atomic mass is 10.1. The number of anilines is 1. The van der Waals surface area contributed by atoms with Gasteiger partial charge in [0.1, 0.15) is 11.3 Å². The molecule has 0 atom stereocenters. The van der Waals surface area contributed by atoms with E-state index in [9.17, 15) is 0 Å². The summed E-state index contributed by atoms with van der Waals surface area (Å²) < 4.78 is 7.65. The van der Waals surface area contributed by atoms with Gasteiger partial charge in [-0.15, -0.1) is 0 Å². The Kier molecular flexibility index (Phi) is 6.47. The summed E-state index contributed by atoms with van der Waals surface area (Å²) in [6.07, 6.45) is 2.18. The van der Waals surface area contributed by atoms with Gasteiger partial charge in [0.25, 0.3) is 0 Å². The standard InChI is InChI=1S/C25H22N3OS.C2H6/c1-27-22-11-7-8-12-23(22)30-24(27)16-20-19-15-18(29-3)13-14-21(19)28(2)25(26-20)17-9-5-4-6-10-17;1-2/h4-16H,1-3H3;1-2H3/q+1;. The molecule has 4 aromatic rings. The molecule has 0 aliphatic carbocycles. The lowest BCUT2D eigenvalue weighted by Gasteiger charge is -2.13. The quantitative estimate of drug-likeness (QED) is 0.348. The largest absolute Gasteiger partial charge is 0.497 e. The maximum absolute atomic E-state index is 5.50. The van der Waals surface area contributed by atoms with Gasteiger partial charge < -0.3 is 9.64 Å². The molecular formula is C27H28N3OS+. The molecule has 0 saturated heterocycles. The van der Waals surface area contributed by atoms with E-state index in [1.54, 1.807) is 18.9 Å². The van der Waals surface area contributed by atoms with E-state index >= 15 is 0 Å². The Labute approximate surface area is 194 Å². The van der Waals surface area contributed by atoms with E-state index in [-0.39, 0.29) is 0 Å². The van der Waals surface area contributed by atoms with Gasteiger partial charge in [-0.25, -0.2) is 4.57 Å². The van der Waals surface area contributed by atoms with Crippen LogP contribution in [0.1, 0.15) is 19.5 Å². The van der Waals surface area contributed by atoms with Gasteiger partial charge in [0.2, 0.25) is 0 Å². The molecular weight excluding hydrogens is 414 g/mol. The highest BCUT2D eigenvalue weighted by atomic mass is 32.2. The number of methoxy groups -OCH3 is 1. The predicted molar refractivity (Wildman–Crippen MR) is 135 cm³/mol. The first-order chi connectivity index (χ1) is 15.7. The number of para-hydroxylation sites is 1. The van der Waals surface area contributed by atoms with Crippen molar-refractivity contribution in [1.29, 1.82) is 0 Å². The van der Waals surface area contributed by atoms with Gasteiger partial charge >= 0.3 is 5.82 Å². The maximum Gasteiger partial charge on any atom is 0.331 e. The molecule has 1 aliphatic rings. The lowest BCUT2D eigenvalue weighted by molar-refractivity contribution is -0.636. The van der Waals surface area contributed by atoms with Crippen LogP contribution in [0.25, 0.3) is 28.4 Å². The molecule has 2 heterocycles. The third-order valence-corrected chi connectivity index (χ3v) is 6.61. The highest BCUT2D eigenvalue weighted by molar-refractivity contribution is 8.03. The van der Waals surface area contributed by atoms with Gasteiger partial charge in [-0.1, -0.05) is 55.9 Å². The first-order valence-electron chi connectivity index (χ1n) is 10.8. The summed E-state index contributed by atoms with van der Waals surface area (Å²) in [5, 5.41) is 2.22. The lowest BCUT2D eigenvalue weighted by Crippen LogP contribution is -2.34. The topological polar surface area (TPSA) is 29.2 Å². The number of aryl methyl sites for hydroxylation is 1. The average Bonchev–Trinajstić information content (AvgIpc) is 3.17. The van der Waals surface area contributed by atoms with Gasteiger partial charge in [0.15, 0.2) is 5.69 Å². The van der Waals surface area contributed by atoms with Crippen LogP contribution in [0.15, 0.2) is 82.7 Å². The van der Waals surface area contributed by atoms with Crippen LogP contribution in [-0.4, -0.2) is 19.1 Å². The van der Waals surface area contributed by atoms with Gasteiger partial charge in [-0.2, -0.15) is 0 Å². The van der Waals surface area contributed by atoms with Gasteiger partial charge in [0.05, 0.1) is 35.8 Å². The number of ether oxygens (including phenoxy) is 1. The molecule has 0 bridgehead atoms. The average molecular weight is 443 g/mol. The van der Waals surface area contributed by atoms with E-state index in [0.717, 1.165) is 38.8 Å². The van der Waals surface area contributed by atoms with Gasteiger partial charge in [0, 0.05) is 18.0 Å². The highest BCUT2D eigenvalue weighted by Crippen LogP contribution is 2.45. The number of thioether (sulfide) groups is 1. The van der Waals surface area contributed by atoms with E-state index in [1.165, 1.54) is 10.6 Å². The maximum atomic E-state index is 5.50. The Balaban J connectivity index is 0.00000119. The number of fused-ring (bicyclic) bond motifs is 2. The molecule has 3 aromatic carbocycles. The number of nitrogens with zero attached hydrogens (tertiary/aromatic N) is 3. The third-order valence-electron chi connectivity index (χ3n) is 5.45. The molecule has 4 nitrogen and oxygen atoms in total. The number of hydrogen-bond donors (Lipinski definition) is 0. The van der Waals surface area contributed by atoms with Crippen LogP contribution in [0, 0.1) is 0 Å². The summed E-state index contributed by atoms with van der Waals surface area (Å²) in [6.45, 7) is 4.00. The number of rotatable bonds is 3. The first kappa shape index (κ1) is 21.9. The van der Waals surface area contributed by atoms with Crippen LogP contribution < -0.4 is 14.2 Å². The third kappa shape index (κ3) is 3.96. The second-order valence-electron chi connectivity index (χ2n) is 7.24. The van der Waals surface area contributed by atoms with Crippen molar-refractivity contribution < 1.29 is 9.30 Å². The minimum Gasteiger partial charge on any atom is -0.497 e. The molecule has 1 aromatic heterocycles. The first-order valence-corrected chi connectivity index (χ1v) is 11.6. The zero-order valence-corrected chi connectivity index (χ0v) is 20.0. The van der Waals surface area contributed by atoms with Crippen LogP contribution in [0.2, 0.25) is 0 Å². The fourth-order valence-corrected chi connectivity index (χ4v) is 4.91. The Morgan fingerprint density at radius 2 is 1.69 bits per heavy atom. The second-order valence-corrected chi connectivity index (χ2v) is 8.30. The summed E-state index contributed by atoms with van der Waals surface area (Å²) in [5.74, 6) is 1.76. The SMILES string of the molecule is CC.COc1ccc2c(c1)c(/C=C1\Sc3ccccc3N1C)nc(-c1ccccc1)[n+]2C. The molecule has 0 fully saturated rings. The number of hydrogen-bond acceptors (Lipinski definition) is 4. The van der Waals surface area contributed by atoms with Crippen LogP contribution in [0.3, 0.4) is 0 Å². The molecule has 32 heavy (non-hydrogen) atoms. The normalized spacial score (nSPS) is 13.7. The van der Waals surface area contributed by atoms with Crippen LogP contribution >= 0.6 is 11.8 Å². The molecule has 0 radical (unpaired) electrons. The molecule has 0 amide bonds. The number of aromatic nitrogens is 2. The van der Waals surface area contributed by atoms with E-state index in [1.807, 2.05) is 38.1 Å². The Morgan fingerprint density at radius 3 is 2.41 bits per heavy atom. The molecule has 0 saturated carbocycles. The van der Waals surface area contributed by atoms with Crippen molar-refractivity contribution in [3.8, 4) is 17.1 Å². The molecule has 0 spiro atoms. The molecule has 5 rings (SSSR count). The summed E-state index contributed by atoms with van der Waals surface area (Å²) in [5.41, 5.74) is 4.36. The summed E-state index contributed by atoms with van der Waals surface area (Å²) in [6, 6.07) is 25.0. The Morgan fingerprint density at radius 1 is 0.969 bits per heavy atom. The fraction of sp³-hybridized carbons (Fsp3) is 0.185. The minimum absolute atomic E-state index is 0.826. The second kappa shape index (κ2) is 9.45. The molecule has 162 valence electrons. The summed E-state index contributed by atoms with van der Waals surface area (Å²) in [7, 11) is 5.87. The van der Waals surface area contributed by atoms with Crippen molar-refractivity contribution in [1.82, 2.24) is 4.98 Å². The Bertz CT molecular complexity index is 1290. The summed E-state index contributed by atoms with van der Waals surface area (Å²) in [4.78, 5) is 8.58. The minimum atomic E-state index is 0.826. The predicted octanol–water partition coefficient (Wildman–Crippen LogP) is 6.30. The fourth-order valence-electron chi connectivity index (χ4n) is 3.82. The molecule has 1 aliphatic heterocycles. The van der Waals surface area contributed by atoms with Crippen molar-refractivity contribution in [2.45, 2.75) is 18.7 Å². The van der Waals surface area contributed by atoms with E-state index < -0.39 is 0 Å². The van der Waals surface area contributed by atoms with Crippen molar-refractivity contribution in [3.63, 3.8) is 0 Å². The zero-order valence-electron chi connectivity index (χ0n) is 19.2. The van der Waals surface area contributed by atoms with Crippen LogP contribution in [-0.2, 0) is 7.05 Å². The van der Waals surface area contributed by atoms with E-state index in [4.69, 9.17) is 9.72 Å². The van der Waals surface area contributed by atoms with Crippen molar-refractivity contribution in [3.05, 3.63) is 83.5 Å². The smallest absolute Gasteiger partial charge is 0.331 e. The monoisotopic (exact) mass is 442 g/mol. The van der Waals surface area contributed by atoms with Crippen molar-refractivity contribution in [2.75, 3.05) is 19.1 Å². The van der Waals surface area contributed by atoms with Crippen LogP contribution in [0.4, 0.5) is 5.69 Å². The summed E-state index contributed by atoms with van der Waals surface area (Å²) >= 11 is 1.77. The number of benzene rings is 3. The molecule has 5 heteroatoms. The van der Waals surface area contributed by atoms with E-state index in [2.05, 4.69) is 78.2 Å². The van der Waals surface area contributed by atoms with Crippen LogP contribution in [0.5, 0.6) is 5.75 Å². The van der Waals surface area contributed by atoms with E-state index in [0.29, 0.717) is 0 Å².